The van der Waals surface area contributed by atoms with Crippen LogP contribution in [0.3, 0.4) is 0 Å². The minimum atomic E-state index is -0.232. The molecule has 0 aromatic heterocycles. The van der Waals surface area contributed by atoms with Crippen molar-refractivity contribution >= 4 is 11.8 Å². The lowest BCUT2D eigenvalue weighted by Gasteiger charge is -2.27. The molecule has 2 fully saturated rings. The first kappa shape index (κ1) is 12.1. The lowest BCUT2D eigenvalue weighted by atomic mass is 10.0. The van der Waals surface area contributed by atoms with Crippen molar-refractivity contribution in [1.82, 2.24) is 4.90 Å². The van der Waals surface area contributed by atoms with Crippen LogP contribution in [0, 0.1) is 0 Å². The van der Waals surface area contributed by atoms with Gasteiger partial charge in [-0.25, -0.2) is 0 Å². The van der Waals surface area contributed by atoms with Crippen molar-refractivity contribution in [3.05, 3.63) is 35.4 Å². The predicted molar refractivity (Wildman–Crippen MR) is 69.4 cm³/mol. The standard InChI is InChI=1S/C15H15NO4/c1-8-6-11-13(20-11)12(19-8)7-16-14(17)9-4-2-3-5-10(9)15(16)18/h2-5,8,11-13H,6-7H2,1H3/t8-,11-,12+,13-/m1/s1. The molecule has 0 saturated carbocycles. The molecule has 0 spiro atoms. The number of hydrogen-bond acceptors (Lipinski definition) is 4. The number of nitrogens with zero attached hydrogens (tertiary/aromatic N) is 1. The van der Waals surface area contributed by atoms with Gasteiger partial charge in [0.05, 0.1) is 29.9 Å². The Balaban J connectivity index is 1.56. The normalized spacial score (nSPS) is 35.0. The van der Waals surface area contributed by atoms with Gasteiger partial charge in [0.15, 0.2) is 0 Å². The maximum atomic E-state index is 12.3. The number of epoxide rings is 1. The second-order valence-electron chi connectivity index (χ2n) is 5.63. The summed E-state index contributed by atoms with van der Waals surface area (Å²) in [4.78, 5) is 25.9. The Labute approximate surface area is 116 Å². The summed E-state index contributed by atoms with van der Waals surface area (Å²) >= 11 is 0. The quantitative estimate of drug-likeness (QED) is 0.600. The number of hydrogen-bond donors (Lipinski definition) is 0. The summed E-state index contributed by atoms with van der Waals surface area (Å²) in [6.45, 7) is 2.27. The van der Waals surface area contributed by atoms with Gasteiger partial charge in [-0.15, -0.1) is 0 Å². The zero-order valence-electron chi connectivity index (χ0n) is 11.1. The Kier molecular flexibility index (Phi) is 2.49. The highest BCUT2D eigenvalue weighted by Crippen LogP contribution is 2.38. The van der Waals surface area contributed by atoms with Crippen molar-refractivity contribution in [2.24, 2.45) is 0 Å². The van der Waals surface area contributed by atoms with Crippen molar-refractivity contribution in [3.63, 3.8) is 0 Å². The minimum absolute atomic E-state index is 0.0375. The highest BCUT2D eigenvalue weighted by atomic mass is 16.6. The number of rotatable bonds is 2. The van der Waals surface area contributed by atoms with Crippen LogP contribution in [0.2, 0.25) is 0 Å². The van der Waals surface area contributed by atoms with Crippen molar-refractivity contribution in [1.29, 1.82) is 0 Å². The van der Waals surface area contributed by atoms with Crippen LogP contribution in [0.4, 0.5) is 0 Å². The molecule has 3 aliphatic heterocycles. The summed E-state index contributed by atoms with van der Waals surface area (Å²) in [5, 5.41) is 0. The van der Waals surface area contributed by atoms with Gasteiger partial charge in [0, 0.05) is 6.42 Å². The molecule has 0 N–H and O–H groups in total. The molecule has 104 valence electrons. The average Bonchev–Trinajstić information content (AvgIpc) is 3.17. The number of fused-ring (bicyclic) bond motifs is 2. The van der Waals surface area contributed by atoms with Crippen LogP contribution in [0.15, 0.2) is 24.3 Å². The van der Waals surface area contributed by atoms with Crippen molar-refractivity contribution in [2.75, 3.05) is 6.54 Å². The van der Waals surface area contributed by atoms with E-state index in [4.69, 9.17) is 9.47 Å². The van der Waals surface area contributed by atoms with E-state index in [0.29, 0.717) is 11.1 Å². The van der Waals surface area contributed by atoms with Gasteiger partial charge in [0.1, 0.15) is 12.2 Å². The Hall–Kier alpha value is -1.72. The Morgan fingerprint density at radius 3 is 2.45 bits per heavy atom. The third kappa shape index (κ3) is 1.70. The van der Waals surface area contributed by atoms with Gasteiger partial charge in [-0.2, -0.15) is 0 Å². The lowest BCUT2D eigenvalue weighted by molar-refractivity contribution is -0.0375. The average molecular weight is 273 g/mol. The number of amides is 2. The third-order valence-electron chi connectivity index (χ3n) is 4.20. The molecule has 0 bridgehead atoms. The van der Waals surface area contributed by atoms with E-state index < -0.39 is 0 Å². The van der Waals surface area contributed by atoms with E-state index in [1.165, 1.54) is 4.90 Å². The molecule has 2 saturated heterocycles. The monoisotopic (exact) mass is 273 g/mol. The number of imide groups is 1. The molecule has 3 heterocycles. The predicted octanol–water partition coefficient (Wildman–Crippen LogP) is 1.23. The Morgan fingerprint density at radius 2 is 1.80 bits per heavy atom. The highest BCUT2D eigenvalue weighted by molar-refractivity contribution is 6.21. The molecular weight excluding hydrogens is 258 g/mol. The molecule has 5 nitrogen and oxygen atoms in total. The zero-order chi connectivity index (χ0) is 13.9. The van der Waals surface area contributed by atoms with E-state index in [1.54, 1.807) is 24.3 Å². The smallest absolute Gasteiger partial charge is 0.261 e. The first-order valence-corrected chi connectivity index (χ1v) is 6.91. The summed E-state index contributed by atoms with van der Waals surface area (Å²) in [6, 6.07) is 6.92. The molecule has 5 heteroatoms. The molecule has 0 radical (unpaired) electrons. The summed E-state index contributed by atoms with van der Waals surface area (Å²) < 4.78 is 11.4. The van der Waals surface area contributed by atoms with Crippen LogP contribution >= 0.6 is 0 Å². The summed E-state index contributed by atoms with van der Waals surface area (Å²) in [6.07, 6.45) is 1.07. The minimum Gasteiger partial charge on any atom is -0.370 e. The fourth-order valence-electron chi connectivity index (χ4n) is 3.16. The molecular formula is C15H15NO4. The van der Waals surface area contributed by atoms with Crippen molar-refractivity contribution in [3.8, 4) is 0 Å². The summed E-state index contributed by atoms with van der Waals surface area (Å²) in [5.41, 5.74) is 0.962. The van der Waals surface area contributed by atoms with Gasteiger partial charge >= 0.3 is 0 Å². The van der Waals surface area contributed by atoms with Crippen LogP contribution in [-0.2, 0) is 9.47 Å². The van der Waals surface area contributed by atoms with Crippen molar-refractivity contribution in [2.45, 2.75) is 37.8 Å². The largest absolute Gasteiger partial charge is 0.370 e. The van der Waals surface area contributed by atoms with Crippen LogP contribution in [0.5, 0.6) is 0 Å². The molecule has 2 amide bonds. The fourth-order valence-corrected chi connectivity index (χ4v) is 3.16. The fraction of sp³-hybridized carbons (Fsp3) is 0.467. The number of ether oxygens (including phenoxy) is 2. The first-order valence-electron chi connectivity index (χ1n) is 6.91. The molecule has 3 aliphatic rings. The van der Waals surface area contributed by atoms with Gasteiger partial charge in [-0.3, -0.25) is 14.5 Å². The van der Waals surface area contributed by atoms with E-state index in [9.17, 15) is 9.59 Å². The highest BCUT2D eigenvalue weighted by Gasteiger charge is 2.52. The Bertz CT molecular complexity index is 564. The lowest BCUT2D eigenvalue weighted by Crippen LogP contribution is -2.44. The SMILES string of the molecule is C[C@@H]1C[C@H]2O[C@H]2[C@H](CN2C(=O)c3ccccc3C2=O)O1. The van der Waals surface area contributed by atoms with Crippen LogP contribution in [0.25, 0.3) is 0 Å². The third-order valence-corrected chi connectivity index (χ3v) is 4.20. The van der Waals surface area contributed by atoms with E-state index in [1.807, 2.05) is 6.92 Å². The van der Waals surface area contributed by atoms with Gasteiger partial charge in [0.25, 0.3) is 11.8 Å². The van der Waals surface area contributed by atoms with Crippen LogP contribution in [-0.4, -0.2) is 47.7 Å². The topological polar surface area (TPSA) is 59.1 Å². The van der Waals surface area contributed by atoms with Crippen LogP contribution in [0.1, 0.15) is 34.1 Å². The van der Waals surface area contributed by atoms with Gasteiger partial charge in [0.2, 0.25) is 0 Å². The second kappa shape index (κ2) is 4.14. The Morgan fingerprint density at radius 1 is 1.15 bits per heavy atom. The molecule has 0 aliphatic carbocycles. The molecule has 20 heavy (non-hydrogen) atoms. The molecule has 4 rings (SSSR count). The maximum absolute atomic E-state index is 12.3. The first-order chi connectivity index (χ1) is 9.65. The van der Waals surface area contributed by atoms with E-state index in [0.717, 1.165) is 6.42 Å². The molecule has 0 unspecified atom stereocenters. The number of carbonyl (C=O) groups is 2. The summed E-state index contributed by atoms with van der Waals surface area (Å²) in [5.74, 6) is -0.464. The van der Waals surface area contributed by atoms with Gasteiger partial charge < -0.3 is 9.47 Å². The summed E-state index contributed by atoms with van der Waals surface area (Å²) in [7, 11) is 0. The van der Waals surface area contributed by atoms with E-state index in [-0.39, 0.29) is 42.8 Å². The van der Waals surface area contributed by atoms with Gasteiger partial charge in [-0.1, -0.05) is 12.1 Å². The molecule has 4 atom stereocenters. The number of benzene rings is 1. The van der Waals surface area contributed by atoms with E-state index in [2.05, 4.69) is 0 Å². The van der Waals surface area contributed by atoms with Crippen molar-refractivity contribution < 1.29 is 19.1 Å². The second-order valence-corrected chi connectivity index (χ2v) is 5.63. The maximum Gasteiger partial charge on any atom is 0.261 e. The molecule has 1 aromatic rings. The zero-order valence-corrected chi connectivity index (χ0v) is 11.1. The number of carbonyl (C=O) groups excluding carboxylic acids is 2. The molecule has 1 aromatic carbocycles. The van der Waals surface area contributed by atoms with Crippen LogP contribution < -0.4 is 0 Å². The van der Waals surface area contributed by atoms with Gasteiger partial charge in [-0.05, 0) is 19.1 Å². The van der Waals surface area contributed by atoms with E-state index >= 15 is 0 Å².